The van der Waals surface area contributed by atoms with Gasteiger partial charge in [0.1, 0.15) is 22.6 Å². The summed E-state index contributed by atoms with van der Waals surface area (Å²) >= 11 is 0. The van der Waals surface area contributed by atoms with E-state index < -0.39 is 0 Å². The molecule has 9 rings (SSSR count). The van der Waals surface area contributed by atoms with Gasteiger partial charge in [0, 0.05) is 43.8 Å². The molecule has 0 saturated carbocycles. The van der Waals surface area contributed by atoms with Gasteiger partial charge in [0.25, 0.3) is 0 Å². The molecule has 0 aliphatic carbocycles. The molecule has 2 N–H and O–H groups in total. The summed E-state index contributed by atoms with van der Waals surface area (Å²) in [5, 5.41) is 3.82. The van der Waals surface area contributed by atoms with Gasteiger partial charge >= 0.3 is 23.9 Å². The third-order valence-corrected chi connectivity index (χ3v) is 7.46. The van der Waals surface area contributed by atoms with Crippen LogP contribution in [0.4, 0.5) is 0 Å². The average molecular weight is 708 g/mol. The number of H-pyrrole nitrogens is 2. The first-order valence-electron chi connectivity index (χ1n) is 13.0. The van der Waals surface area contributed by atoms with Crippen LogP contribution < -0.4 is 0 Å². The topological polar surface area (TPSA) is 109 Å². The number of aromatic nitrogens is 8. The Morgan fingerprint density at radius 2 is 0.558 bits per heavy atom. The predicted molar refractivity (Wildman–Crippen MR) is 179 cm³/mol. The molecule has 0 saturated heterocycles. The van der Waals surface area contributed by atoms with Crippen LogP contribution in [0.15, 0.2) is 97.1 Å². The summed E-state index contributed by atoms with van der Waals surface area (Å²) in [5.74, 6) is 2.39. The summed E-state index contributed by atoms with van der Waals surface area (Å²) in [6, 6.07) is 32.2. The van der Waals surface area contributed by atoms with Gasteiger partial charge in [0.2, 0.25) is 0 Å². The monoisotopic (exact) mass is 708 g/mol. The van der Waals surface area contributed by atoms with Gasteiger partial charge in [-0.05, 0) is 0 Å². The van der Waals surface area contributed by atoms with Crippen LogP contribution in [0.3, 0.4) is 0 Å². The van der Waals surface area contributed by atoms with E-state index in [-0.39, 0.29) is 48.7 Å². The van der Waals surface area contributed by atoms with E-state index in [1.807, 2.05) is 97.1 Å². The van der Waals surface area contributed by atoms with E-state index in [4.69, 9.17) is 29.9 Å². The molecule has 2 aliphatic heterocycles. The van der Waals surface area contributed by atoms with Gasteiger partial charge < -0.3 is 9.97 Å². The molecule has 0 atom stereocenters. The number of rotatable bonds is 0. The third-order valence-electron chi connectivity index (χ3n) is 7.46. The Hall–Kier alpha value is -4.38. The summed E-state index contributed by atoms with van der Waals surface area (Å²) in [6.07, 6.45) is 0. The fourth-order valence-corrected chi connectivity index (χ4v) is 5.59. The SMILES string of the molecule is Cl.Cl.[SnH2].c1ccc2c(c1)-c1nc-2nc2[nH]c(nc3nc(nc4[nH]c(n1)c1ccccc41)-c1ccccc1-3)c1ccccc21. The van der Waals surface area contributed by atoms with Crippen LogP contribution in [0, 0.1) is 0 Å². The molecular weight excluding hydrogens is 686 g/mol. The second-order valence-corrected chi connectivity index (χ2v) is 9.79. The zero-order valence-corrected chi connectivity index (χ0v) is 28.1. The molecule has 8 bridgehead atoms. The van der Waals surface area contributed by atoms with Crippen LogP contribution in [0.5, 0.6) is 0 Å². The fraction of sp³-hybridized carbons (Fsp3) is 0. The van der Waals surface area contributed by atoms with E-state index in [0.717, 1.165) is 43.8 Å². The van der Waals surface area contributed by atoms with Crippen LogP contribution >= 0.6 is 24.8 Å². The van der Waals surface area contributed by atoms with Gasteiger partial charge in [-0.3, -0.25) is 0 Å². The number of hydrogen-bond acceptors (Lipinski definition) is 6. The minimum absolute atomic E-state index is 0. The number of aromatic amines is 2. The van der Waals surface area contributed by atoms with Crippen molar-refractivity contribution in [3.05, 3.63) is 97.1 Å². The quantitative estimate of drug-likeness (QED) is 0.168. The maximum absolute atomic E-state index is 5.02. The molecule has 43 heavy (non-hydrogen) atoms. The van der Waals surface area contributed by atoms with Crippen LogP contribution in [-0.2, 0) is 0 Å². The van der Waals surface area contributed by atoms with Crippen LogP contribution in [-0.4, -0.2) is 63.8 Å². The molecular formula is C32H22Cl2N8Sn. The summed E-state index contributed by atoms with van der Waals surface area (Å²) < 4.78 is 0. The van der Waals surface area contributed by atoms with Crippen LogP contribution in [0.2, 0.25) is 0 Å². The van der Waals surface area contributed by atoms with Gasteiger partial charge in [-0.2, -0.15) is 0 Å². The van der Waals surface area contributed by atoms with Crippen molar-refractivity contribution in [2.24, 2.45) is 0 Å². The summed E-state index contributed by atoms with van der Waals surface area (Å²) in [5.41, 5.74) is 6.45. The first-order chi connectivity index (χ1) is 19.8. The normalized spacial score (nSPS) is 11.2. The molecule has 2 radical (unpaired) electrons. The second kappa shape index (κ2) is 11.0. The second-order valence-electron chi connectivity index (χ2n) is 9.79. The van der Waals surface area contributed by atoms with Gasteiger partial charge in [-0.15, -0.1) is 24.8 Å². The zero-order chi connectivity index (χ0) is 26.2. The molecule has 8 nitrogen and oxygen atoms in total. The molecule has 2 aliphatic rings. The van der Waals surface area contributed by atoms with Crippen molar-refractivity contribution < 1.29 is 0 Å². The molecule has 0 amide bonds. The number of nitrogens with zero attached hydrogens (tertiary/aromatic N) is 6. The molecule has 4 aromatic carbocycles. The Kier molecular flexibility index (Phi) is 7.37. The predicted octanol–water partition coefficient (Wildman–Crippen LogP) is 6.80. The van der Waals surface area contributed by atoms with E-state index in [0.29, 0.717) is 45.9 Å². The molecule has 5 heterocycles. The van der Waals surface area contributed by atoms with E-state index in [9.17, 15) is 0 Å². The van der Waals surface area contributed by atoms with E-state index in [1.165, 1.54) is 0 Å². The maximum atomic E-state index is 5.02. The summed E-state index contributed by atoms with van der Waals surface area (Å²) in [6.45, 7) is 0. The zero-order valence-electron chi connectivity index (χ0n) is 22.4. The number of fused-ring (bicyclic) bond motifs is 20. The van der Waals surface area contributed by atoms with Gasteiger partial charge in [-0.25, -0.2) is 29.9 Å². The largest absolute Gasteiger partial charge is 0.324 e. The standard InChI is InChI=1S/C32H18N8.2ClH.Sn.2H/c1-2-10-18-17(9-1)25-33-26(18)38-28-21-13-5-6-14-22(21)30(35-28)40-32-24-16-8-7-15-23(24)31(36-32)39-29-20-12-4-3-11-19(20)27(34-29)37-25;;;;;/h1-16H,(H2,33,34,35,36,37,38,39,40);2*1H;;;. The maximum Gasteiger partial charge on any atom is 0.164 e. The molecule has 11 heteroatoms. The minimum Gasteiger partial charge on any atom is -0.324 e. The van der Waals surface area contributed by atoms with Crippen molar-refractivity contribution in [2.45, 2.75) is 0 Å². The molecule has 3 aromatic heterocycles. The number of hydrogen-bond donors (Lipinski definition) is 2. The number of halogens is 2. The van der Waals surface area contributed by atoms with Crippen LogP contribution in [0.1, 0.15) is 0 Å². The third kappa shape index (κ3) is 4.45. The van der Waals surface area contributed by atoms with Crippen molar-refractivity contribution in [1.29, 1.82) is 0 Å². The average Bonchev–Trinajstić information content (AvgIpc) is 3.73. The molecule has 0 fully saturated rings. The Morgan fingerprint density at radius 3 is 0.814 bits per heavy atom. The number of nitrogens with one attached hydrogen (secondary N) is 2. The van der Waals surface area contributed by atoms with E-state index >= 15 is 0 Å². The first kappa shape index (κ1) is 28.7. The number of benzene rings is 4. The Labute approximate surface area is 273 Å². The first-order valence-corrected chi connectivity index (χ1v) is 13.0. The molecule has 7 aromatic rings. The van der Waals surface area contributed by atoms with Crippen molar-refractivity contribution in [2.75, 3.05) is 0 Å². The Bertz CT molecular complexity index is 2050. The minimum atomic E-state index is 0. The molecule has 0 unspecified atom stereocenters. The van der Waals surface area contributed by atoms with Gasteiger partial charge in [-0.1, -0.05) is 97.1 Å². The van der Waals surface area contributed by atoms with Crippen molar-refractivity contribution >= 4 is 92.9 Å². The fourth-order valence-electron chi connectivity index (χ4n) is 5.59. The smallest absolute Gasteiger partial charge is 0.164 e. The summed E-state index contributed by atoms with van der Waals surface area (Å²) in [4.78, 5) is 36.8. The van der Waals surface area contributed by atoms with E-state index in [2.05, 4.69) is 9.97 Å². The van der Waals surface area contributed by atoms with E-state index in [1.54, 1.807) is 0 Å². The Morgan fingerprint density at radius 1 is 0.326 bits per heavy atom. The van der Waals surface area contributed by atoms with Gasteiger partial charge in [0.15, 0.2) is 23.3 Å². The van der Waals surface area contributed by atoms with Gasteiger partial charge in [0.05, 0.1) is 0 Å². The van der Waals surface area contributed by atoms with Crippen LogP contribution in [0.25, 0.3) is 89.7 Å². The van der Waals surface area contributed by atoms with Crippen molar-refractivity contribution in [1.82, 2.24) is 39.9 Å². The summed E-state index contributed by atoms with van der Waals surface area (Å²) in [7, 11) is 0. The molecule has 0 spiro atoms. The van der Waals surface area contributed by atoms with Crippen molar-refractivity contribution in [3.63, 3.8) is 0 Å². The molecule has 208 valence electrons. The Balaban J connectivity index is 0.00000110. The van der Waals surface area contributed by atoms with Crippen molar-refractivity contribution in [3.8, 4) is 45.6 Å².